The van der Waals surface area contributed by atoms with Gasteiger partial charge in [-0.1, -0.05) is 56.3 Å². The van der Waals surface area contributed by atoms with Crippen molar-refractivity contribution in [1.82, 2.24) is 18.7 Å². The van der Waals surface area contributed by atoms with Crippen LogP contribution < -0.4 is 16.6 Å². The number of imidazole rings is 1. The van der Waals surface area contributed by atoms with Gasteiger partial charge in [0, 0.05) is 12.2 Å². The molecule has 4 aromatic rings. The molecule has 1 amide bonds. The lowest BCUT2D eigenvalue weighted by molar-refractivity contribution is -0.116. The molecule has 2 heterocycles. The molecule has 0 atom stereocenters. The quantitative estimate of drug-likeness (QED) is 0.422. The van der Waals surface area contributed by atoms with Crippen molar-refractivity contribution in [2.45, 2.75) is 53.8 Å². The number of aryl methyl sites for hydroxylation is 3. The van der Waals surface area contributed by atoms with Gasteiger partial charge in [0.25, 0.3) is 5.56 Å². The Labute approximate surface area is 203 Å². The second-order valence-corrected chi connectivity index (χ2v) is 9.40. The van der Waals surface area contributed by atoms with E-state index in [0.29, 0.717) is 29.3 Å². The standard InChI is InChI=1S/C27H31N5O3/c1-18(2)12-13-30-17-28-25-24(30)26(34)32(27(35)31(25)15-21-8-6-5-7-9-21)16-23(33)29-22-14-19(3)10-11-20(22)4/h5-11,14,17-18H,12-13,15-16H2,1-4H3,(H,29,33). The van der Waals surface area contributed by atoms with Gasteiger partial charge in [0.05, 0.1) is 12.9 Å². The molecule has 0 saturated heterocycles. The van der Waals surface area contributed by atoms with E-state index in [9.17, 15) is 14.4 Å². The number of benzene rings is 2. The number of aromatic nitrogens is 4. The average Bonchev–Trinajstić information content (AvgIpc) is 3.25. The molecule has 8 nitrogen and oxygen atoms in total. The van der Waals surface area contributed by atoms with Crippen molar-refractivity contribution in [2.24, 2.45) is 5.92 Å². The zero-order chi connectivity index (χ0) is 25.1. The van der Waals surface area contributed by atoms with Crippen molar-refractivity contribution >= 4 is 22.8 Å². The molecule has 1 N–H and O–H groups in total. The summed E-state index contributed by atoms with van der Waals surface area (Å²) >= 11 is 0. The first-order valence-corrected chi connectivity index (χ1v) is 11.8. The van der Waals surface area contributed by atoms with Crippen LogP contribution in [-0.4, -0.2) is 24.6 Å². The lowest BCUT2D eigenvalue weighted by atomic mass is 10.1. The van der Waals surface area contributed by atoms with Crippen LogP contribution >= 0.6 is 0 Å². The Morgan fingerprint density at radius 3 is 2.49 bits per heavy atom. The molecule has 2 aromatic carbocycles. The number of carbonyl (C=O) groups excluding carboxylic acids is 1. The highest BCUT2D eigenvalue weighted by Crippen LogP contribution is 2.16. The summed E-state index contributed by atoms with van der Waals surface area (Å²) in [7, 11) is 0. The third-order valence-electron chi connectivity index (χ3n) is 6.08. The summed E-state index contributed by atoms with van der Waals surface area (Å²) in [5.74, 6) is 0.00463. The highest BCUT2D eigenvalue weighted by Gasteiger charge is 2.20. The molecular formula is C27H31N5O3. The van der Waals surface area contributed by atoms with Gasteiger partial charge in [-0.25, -0.2) is 14.3 Å². The lowest BCUT2D eigenvalue weighted by Crippen LogP contribution is -2.43. The highest BCUT2D eigenvalue weighted by atomic mass is 16.2. The van der Waals surface area contributed by atoms with Gasteiger partial charge in [-0.15, -0.1) is 0 Å². The number of carbonyl (C=O) groups is 1. The van der Waals surface area contributed by atoms with Crippen molar-refractivity contribution in [3.8, 4) is 0 Å². The molecule has 35 heavy (non-hydrogen) atoms. The van der Waals surface area contributed by atoms with Gasteiger partial charge >= 0.3 is 5.69 Å². The summed E-state index contributed by atoms with van der Waals surface area (Å²) in [6.45, 7) is 8.52. The molecule has 4 rings (SSSR count). The lowest BCUT2D eigenvalue weighted by Gasteiger charge is -2.14. The Kier molecular flexibility index (Phi) is 7.00. The zero-order valence-electron chi connectivity index (χ0n) is 20.6. The minimum atomic E-state index is -0.559. The van der Waals surface area contributed by atoms with Crippen molar-refractivity contribution in [1.29, 1.82) is 0 Å². The number of hydrogen-bond acceptors (Lipinski definition) is 4. The predicted molar refractivity (Wildman–Crippen MR) is 138 cm³/mol. The van der Waals surface area contributed by atoms with Crippen LogP contribution in [0.5, 0.6) is 0 Å². The fourth-order valence-corrected chi connectivity index (χ4v) is 4.06. The number of anilines is 1. The van der Waals surface area contributed by atoms with Gasteiger partial charge in [0.15, 0.2) is 11.2 Å². The summed E-state index contributed by atoms with van der Waals surface area (Å²) < 4.78 is 4.28. The number of nitrogens with zero attached hydrogens (tertiary/aromatic N) is 4. The van der Waals surface area contributed by atoms with E-state index in [-0.39, 0.29) is 13.1 Å². The number of hydrogen-bond donors (Lipinski definition) is 1. The SMILES string of the molecule is Cc1ccc(C)c(NC(=O)Cn2c(=O)c3c(ncn3CCC(C)C)n(Cc3ccccc3)c2=O)c1. The third kappa shape index (κ3) is 5.26. The second-order valence-electron chi connectivity index (χ2n) is 9.40. The number of fused-ring (bicyclic) bond motifs is 1. The fraction of sp³-hybridized carbons (Fsp3) is 0.333. The molecule has 0 fully saturated rings. The monoisotopic (exact) mass is 473 g/mol. The number of rotatable bonds is 8. The first-order chi connectivity index (χ1) is 16.7. The summed E-state index contributed by atoms with van der Waals surface area (Å²) in [5.41, 5.74) is 3.07. The summed E-state index contributed by atoms with van der Waals surface area (Å²) in [6.07, 6.45) is 2.46. The van der Waals surface area contributed by atoms with Crippen LogP contribution in [0.15, 0.2) is 64.4 Å². The van der Waals surface area contributed by atoms with Crippen LogP contribution in [0, 0.1) is 19.8 Å². The first-order valence-electron chi connectivity index (χ1n) is 11.8. The smallest absolute Gasteiger partial charge is 0.325 e. The maximum Gasteiger partial charge on any atom is 0.333 e. The fourth-order valence-electron chi connectivity index (χ4n) is 4.06. The molecule has 0 unspecified atom stereocenters. The van der Waals surface area contributed by atoms with Gasteiger partial charge in [-0.3, -0.25) is 14.2 Å². The van der Waals surface area contributed by atoms with Crippen molar-refractivity contribution < 1.29 is 4.79 Å². The number of amides is 1. The molecular weight excluding hydrogens is 442 g/mol. The van der Waals surface area contributed by atoms with Crippen molar-refractivity contribution in [3.05, 3.63) is 92.4 Å². The zero-order valence-corrected chi connectivity index (χ0v) is 20.6. The summed E-state index contributed by atoms with van der Waals surface area (Å²) in [4.78, 5) is 44.4. The van der Waals surface area contributed by atoms with E-state index in [0.717, 1.165) is 27.7 Å². The Bertz CT molecular complexity index is 1480. The van der Waals surface area contributed by atoms with Crippen LogP contribution in [0.2, 0.25) is 0 Å². The summed E-state index contributed by atoms with van der Waals surface area (Å²) in [6, 6.07) is 15.3. The van der Waals surface area contributed by atoms with Crippen molar-refractivity contribution in [2.75, 3.05) is 5.32 Å². The van der Waals surface area contributed by atoms with E-state index >= 15 is 0 Å². The van der Waals surface area contributed by atoms with Crippen LogP contribution in [0.4, 0.5) is 5.69 Å². The Morgan fingerprint density at radius 2 is 1.77 bits per heavy atom. The van der Waals surface area contributed by atoms with Crippen LogP contribution in [0.1, 0.15) is 37.0 Å². The largest absolute Gasteiger partial charge is 0.333 e. The maximum absolute atomic E-state index is 13.5. The van der Waals surface area contributed by atoms with E-state index in [1.54, 1.807) is 10.9 Å². The minimum absolute atomic E-state index is 0.246. The highest BCUT2D eigenvalue weighted by molar-refractivity contribution is 5.91. The second kappa shape index (κ2) is 10.1. The molecule has 0 aliphatic heterocycles. The van der Waals surface area contributed by atoms with E-state index in [2.05, 4.69) is 24.1 Å². The van der Waals surface area contributed by atoms with Gasteiger partial charge in [0.2, 0.25) is 5.91 Å². The predicted octanol–water partition coefficient (Wildman–Crippen LogP) is 3.71. The van der Waals surface area contributed by atoms with Gasteiger partial charge in [-0.2, -0.15) is 0 Å². The van der Waals surface area contributed by atoms with Gasteiger partial charge < -0.3 is 9.88 Å². The van der Waals surface area contributed by atoms with Crippen molar-refractivity contribution in [3.63, 3.8) is 0 Å². The molecule has 0 radical (unpaired) electrons. The first kappa shape index (κ1) is 24.2. The topological polar surface area (TPSA) is 90.9 Å². The van der Waals surface area contributed by atoms with Crippen LogP contribution in [0.3, 0.4) is 0 Å². The Balaban J connectivity index is 1.78. The van der Waals surface area contributed by atoms with Gasteiger partial charge in [-0.05, 0) is 48.9 Å². The van der Waals surface area contributed by atoms with Crippen LogP contribution in [-0.2, 0) is 24.4 Å². The Hall–Kier alpha value is -3.94. The average molecular weight is 474 g/mol. The van der Waals surface area contributed by atoms with Crippen LogP contribution in [0.25, 0.3) is 11.2 Å². The summed E-state index contributed by atoms with van der Waals surface area (Å²) in [5, 5.41) is 2.85. The van der Waals surface area contributed by atoms with Gasteiger partial charge in [0.1, 0.15) is 6.54 Å². The van der Waals surface area contributed by atoms with E-state index < -0.39 is 17.2 Å². The molecule has 0 aliphatic carbocycles. The Morgan fingerprint density at radius 1 is 1.03 bits per heavy atom. The number of nitrogens with one attached hydrogen (secondary N) is 1. The molecule has 0 bridgehead atoms. The van der Waals surface area contributed by atoms with E-state index in [1.165, 1.54) is 4.57 Å². The molecule has 182 valence electrons. The normalized spacial score (nSPS) is 11.3. The molecule has 2 aromatic heterocycles. The molecule has 8 heteroatoms. The third-order valence-corrected chi connectivity index (χ3v) is 6.08. The minimum Gasteiger partial charge on any atom is -0.325 e. The molecule has 0 spiro atoms. The maximum atomic E-state index is 13.5. The molecule has 0 saturated carbocycles. The van der Waals surface area contributed by atoms with E-state index in [4.69, 9.17) is 0 Å². The van der Waals surface area contributed by atoms with E-state index in [1.807, 2.05) is 62.4 Å². The molecule has 0 aliphatic rings.